The number of likely N-dealkylation sites (tertiary alicyclic amines) is 1. The Kier molecular flexibility index (Phi) is 3.46. The van der Waals surface area contributed by atoms with Gasteiger partial charge in [-0.25, -0.2) is 0 Å². The third-order valence-electron chi connectivity index (χ3n) is 4.55. The highest BCUT2D eigenvalue weighted by atomic mass is 32.2. The van der Waals surface area contributed by atoms with Crippen LogP contribution >= 0.6 is 11.8 Å². The fourth-order valence-electron chi connectivity index (χ4n) is 3.77. The van der Waals surface area contributed by atoms with Crippen LogP contribution in [0.3, 0.4) is 0 Å². The lowest BCUT2D eigenvalue weighted by molar-refractivity contribution is 0.163. The lowest BCUT2D eigenvalue weighted by Gasteiger charge is -2.34. The van der Waals surface area contributed by atoms with Gasteiger partial charge in [-0.3, -0.25) is 4.90 Å². The molecule has 0 spiro atoms. The first kappa shape index (κ1) is 11.4. The van der Waals surface area contributed by atoms with E-state index in [0.717, 1.165) is 23.4 Å². The zero-order valence-corrected chi connectivity index (χ0v) is 11.1. The van der Waals surface area contributed by atoms with Gasteiger partial charge in [-0.1, -0.05) is 6.92 Å². The zero-order chi connectivity index (χ0) is 11.0. The molecule has 3 heteroatoms. The summed E-state index contributed by atoms with van der Waals surface area (Å²) in [5.74, 6) is 1.38. The summed E-state index contributed by atoms with van der Waals surface area (Å²) in [6.07, 6.45) is 7.10. The third kappa shape index (κ3) is 2.14. The van der Waals surface area contributed by atoms with E-state index in [1.54, 1.807) is 0 Å². The van der Waals surface area contributed by atoms with Crippen LogP contribution in [-0.2, 0) is 0 Å². The Morgan fingerprint density at radius 2 is 2.19 bits per heavy atom. The van der Waals surface area contributed by atoms with E-state index in [1.807, 2.05) is 0 Å². The van der Waals surface area contributed by atoms with Crippen molar-refractivity contribution >= 4 is 11.8 Å². The topological polar surface area (TPSA) is 15.3 Å². The van der Waals surface area contributed by atoms with Gasteiger partial charge in [0.25, 0.3) is 0 Å². The Hall–Kier alpha value is 0.270. The second-order valence-electron chi connectivity index (χ2n) is 5.68. The summed E-state index contributed by atoms with van der Waals surface area (Å²) in [5.41, 5.74) is 0. The van der Waals surface area contributed by atoms with Crippen LogP contribution in [0.2, 0.25) is 0 Å². The average Bonchev–Trinajstić information content (AvgIpc) is 2.96. The molecule has 0 aromatic rings. The Bertz CT molecular complexity index is 240. The molecule has 0 aromatic heterocycles. The van der Waals surface area contributed by atoms with Crippen molar-refractivity contribution in [3.63, 3.8) is 0 Å². The van der Waals surface area contributed by atoms with Gasteiger partial charge in [-0.05, 0) is 45.2 Å². The molecule has 3 heterocycles. The summed E-state index contributed by atoms with van der Waals surface area (Å²) < 4.78 is 0. The number of rotatable bonds is 2. The second kappa shape index (κ2) is 4.87. The van der Waals surface area contributed by atoms with Gasteiger partial charge in [-0.15, -0.1) is 0 Å². The van der Waals surface area contributed by atoms with Crippen LogP contribution in [0.5, 0.6) is 0 Å². The maximum atomic E-state index is 3.71. The van der Waals surface area contributed by atoms with Crippen LogP contribution in [-0.4, -0.2) is 47.1 Å². The molecular formula is C13H24N2S. The highest BCUT2D eigenvalue weighted by molar-refractivity contribution is 8.00. The minimum Gasteiger partial charge on any atom is -0.312 e. The van der Waals surface area contributed by atoms with Crippen molar-refractivity contribution in [3.05, 3.63) is 0 Å². The molecule has 4 unspecified atom stereocenters. The van der Waals surface area contributed by atoms with Crippen molar-refractivity contribution in [1.82, 2.24) is 10.2 Å². The molecule has 16 heavy (non-hydrogen) atoms. The van der Waals surface area contributed by atoms with Crippen molar-refractivity contribution in [2.75, 3.05) is 18.8 Å². The molecule has 4 atom stereocenters. The first-order valence-corrected chi connectivity index (χ1v) is 8.00. The van der Waals surface area contributed by atoms with Crippen LogP contribution in [0.1, 0.15) is 39.0 Å². The van der Waals surface area contributed by atoms with Crippen LogP contribution in [0.4, 0.5) is 0 Å². The molecule has 0 bridgehead atoms. The average molecular weight is 240 g/mol. The van der Waals surface area contributed by atoms with E-state index in [0.29, 0.717) is 0 Å². The minimum atomic E-state index is 0.809. The molecule has 3 fully saturated rings. The fourth-order valence-corrected chi connectivity index (χ4v) is 5.00. The van der Waals surface area contributed by atoms with E-state index in [4.69, 9.17) is 0 Å². The van der Waals surface area contributed by atoms with Gasteiger partial charge in [0.05, 0.1) is 0 Å². The Morgan fingerprint density at radius 3 is 2.88 bits per heavy atom. The molecule has 1 N–H and O–H groups in total. The summed E-state index contributed by atoms with van der Waals surface area (Å²) in [5, 5.41) is 4.61. The SMILES string of the molecule is CC1CC(N2CCCC2C2CCCN2)CS1. The monoisotopic (exact) mass is 240 g/mol. The van der Waals surface area contributed by atoms with Gasteiger partial charge in [0.15, 0.2) is 0 Å². The predicted octanol–water partition coefficient (Wildman–Crippen LogP) is 2.10. The molecular weight excluding hydrogens is 216 g/mol. The maximum Gasteiger partial charge on any atom is 0.0253 e. The van der Waals surface area contributed by atoms with Crippen molar-refractivity contribution in [3.8, 4) is 0 Å². The molecule has 0 amide bonds. The summed E-state index contributed by atoms with van der Waals surface area (Å²) in [6, 6.07) is 2.55. The largest absolute Gasteiger partial charge is 0.312 e. The number of hydrogen-bond donors (Lipinski definition) is 1. The minimum absolute atomic E-state index is 0.809. The number of thioether (sulfide) groups is 1. The van der Waals surface area contributed by atoms with E-state index < -0.39 is 0 Å². The van der Waals surface area contributed by atoms with Gasteiger partial charge < -0.3 is 5.32 Å². The number of nitrogens with zero attached hydrogens (tertiary/aromatic N) is 1. The van der Waals surface area contributed by atoms with Crippen LogP contribution in [0, 0.1) is 0 Å². The van der Waals surface area contributed by atoms with Crippen molar-refractivity contribution < 1.29 is 0 Å². The smallest absolute Gasteiger partial charge is 0.0253 e. The molecule has 3 aliphatic heterocycles. The van der Waals surface area contributed by atoms with Crippen molar-refractivity contribution in [1.29, 1.82) is 0 Å². The maximum absolute atomic E-state index is 3.71. The Balaban J connectivity index is 1.64. The van der Waals surface area contributed by atoms with Gasteiger partial charge in [0, 0.05) is 29.1 Å². The Labute approximate surface area is 104 Å². The van der Waals surface area contributed by atoms with E-state index in [9.17, 15) is 0 Å². The Morgan fingerprint density at radius 1 is 1.25 bits per heavy atom. The standard InChI is InChI=1S/C13H24N2S/c1-10-8-11(9-16-10)15-7-3-5-13(15)12-4-2-6-14-12/h10-14H,2-9H2,1H3. The molecule has 0 aliphatic carbocycles. The number of nitrogens with one attached hydrogen (secondary N) is 1. The van der Waals surface area contributed by atoms with Crippen molar-refractivity contribution in [2.24, 2.45) is 0 Å². The third-order valence-corrected chi connectivity index (χ3v) is 5.89. The van der Waals surface area contributed by atoms with Crippen molar-refractivity contribution in [2.45, 2.75) is 62.4 Å². The van der Waals surface area contributed by atoms with E-state index in [1.165, 1.54) is 50.9 Å². The van der Waals surface area contributed by atoms with E-state index in [-0.39, 0.29) is 0 Å². The zero-order valence-electron chi connectivity index (χ0n) is 10.3. The molecule has 0 radical (unpaired) electrons. The molecule has 92 valence electrons. The van der Waals surface area contributed by atoms with E-state index >= 15 is 0 Å². The highest BCUT2D eigenvalue weighted by Gasteiger charge is 2.38. The van der Waals surface area contributed by atoms with Crippen LogP contribution < -0.4 is 5.32 Å². The van der Waals surface area contributed by atoms with Gasteiger partial charge in [0.2, 0.25) is 0 Å². The van der Waals surface area contributed by atoms with Gasteiger partial charge in [0.1, 0.15) is 0 Å². The van der Waals surface area contributed by atoms with Crippen LogP contribution in [0.25, 0.3) is 0 Å². The number of hydrogen-bond acceptors (Lipinski definition) is 3. The molecule has 2 nitrogen and oxygen atoms in total. The molecule has 3 rings (SSSR count). The lowest BCUT2D eigenvalue weighted by Crippen LogP contribution is -2.48. The fraction of sp³-hybridized carbons (Fsp3) is 1.00. The highest BCUT2D eigenvalue weighted by Crippen LogP contribution is 2.35. The molecule has 3 aliphatic rings. The lowest BCUT2D eigenvalue weighted by atomic mass is 10.0. The normalized spacial score (nSPS) is 45.6. The first-order valence-electron chi connectivity index (χ1n) is 6.95. The molecule has 0 saturated carbocycles. The summed E-state index contributed by atoms with van der Waals surface area (Å²) >= 11 is 2.17. The van der Waals surface area contributed by atoms with E-state index in [2.05, 4.69) is 28.9 Å². The molecule has 3 saturated heterocycles. The summed E-state index contributed by atoms with van der Waals surface area (Å²) in [4.78, 5) is 2.85. The quantitative estimate of drug-likeness (QED) is 0.796. The van der Waals surface area contributed by atoms with Crippen LogP contribution in [0.15, 0.2) is 0 Å². The predicted molar refractivity (Wildman–Crippen MR) is 71.1 cm³/mol. The first-order chi connectivity index (χ1) is 7.84. The van der Waals surface area contributed by atoms with Gasteiger partial charge >= 0.3 is 0 Å². The summed E-state index contributed by atoms with van der Waals surface area (Å²) in [6.45, 7) is 5.01. The molecule has 0 aromatic carbocycles. The summed E-state index contributed by atoms with van der Waals surface area (Å²) in [7, 11) is 0. The van der Waals surface area contributed by atoms with Gasteiger partial charge in [-0.2, -0.15) is 11.8 Å². The second-order valence-corrected chi connectivity index (χ2v) is 7.16.